The van der Waals surface area contributed by atoms with Gasteiger partial charge in [0.05, 0.1) is 0 Å². The highest BCUT2D eigenvalue weighted by atomic mass is 31.3. The van der Waals surface area contributed by atoms with Gasteiger partial charge in [-0.05, 0) is 12.8 Å². The standard InChI is InChI=1S/C16H22N2O7P2/c1-3-13-9-5-7-11-15(13)17-23-26(19,20)25-27(21,22)24-18-16-12-8-6-10-14(16)4-2/h5-12,17-18H,3-4H2,1-2H3,(H,19,20)(H,21,22)/p+2. The largest absolute Gasteiger partial charge is 0.527 e. The molecule has 0 aliphatic carbocycles. The van der Waals surface area contributed by atoms with Crippen molar-refractivity contribution in [2.75, 3.05) is 0 Å². The molecule has 9 nitrogen and oxygen atoms in total. The SMILES string of the molecule is CCc1ccccc1[NH2+]OP(=O)(O)OP(=O)(O)O[NH2+]c1ccccc1CC. The van der Waals surface area contributed by atoms with Gasteiger partial charge in [0.2, 0.25) is 0 Å². The molecule has 0 bridgehead atoms. The maximum Gasteiger partial charge on any atom is 0.527 e. The number of rotatable bonds is 10. The molecule has 6 N–H and O–H groups in total. The fourth-order valence-corrected chi connectivity index (χ4v) is 4.20. The monoisotopic (exact) mass is 418 g/mol. The van der Waals surface area contributed by atoms with Crippen molar-refractivity contribution < 1.29 is 43.4 Å². The Morgan fingerprint density at radius 1 is 0.778 bits per heavy atom. The van der Waals surface area contributed by atoms with E-state index in [0.29, 0.717) is 24.2 Å². The summed E-state index contributed by atoms with van der Waals surface area (Å²) in [5, 5.41) is 0. The molecule has 0 spiro atoms. The fraction of sp³-hybridized carbons (Fsp3) is 0.250. The van der Waals surface area contributed by atoms with Crippen LogP contribution in [0.3, 0.4) is 0 Å². The summed E-state index contributed by atoms with van der Waals surface area (Å²) >= 11 is 0. The maximum atomic E-state index is 12.0. The number of benzene rings is 2. The van der Waals surface area contributed by atoms with E-state index < -0.39 is 15.6 Å². The third-order valence-electron chi connectivity index (χ3n) is 3.70. The summed E-state index contributed by atoms with van der Waals surface area (Å²) in [4.78, 5) is 19.5. The quantitative estimate of drug-likeness (QED) is 0.263. The summed E-state index contributed by atoms with van der Waals surface area (Å²) in [6, 6.07) is 14.1. The average molecular weight is 418 g/mol. The van der Waals surface area contributed by atoms with E-state index in [1.54, 1.807) is 24.3 Å². The van der Waals surface area contributed by atoms with Crippen molar-refractivity contribution in [2.45, 2.75) is 26.7 Å². The van der Waals surface area contributed by atoms with Gasteiger partial charge < -0.3 is 0 Å². The van der Waals surface area contributed by atoms with Gasteiger partial charge in [0.25, 0.3) is 0 Å². The Balaban J connectivity index is 1.96. The van der Waals surface area contributed by atoms with E-state index in [1.165, 1.54) is 0 Å². The first-order valence-corrected chi connectivity index (χ1v) is 11.3. The second-order valence-corrected chi connectivity index (χ2v) is 8.52. The molecular weight excluding hydrogens is 394 g/mol. The normalized spacial score (nSPS) is 15.9. The lowest BCUT2D eigenvalue weighted by Gasteiger charge is -2.13. The van der Waals surface area contributed by atoms with Crippen LogP contribution >= 0.6 is 15.6 Å². The van der Waals surface area contributed by atoms with Gasteiger partial charge in [-0.15, -0.1) is 0 Å². The summed E-state index contributed by atoms with van der Waals surface area (Å²) in [6.07, 6.45) is 1.36. The van der Waals surface area contributed by atoms with Crippen molar-refractivity contribution in [1.82, 2.24) is 0 Å². The minimum Gasteiger partial charge on any atom is -0.299 e. The first kappa shape index (κ1) is 21.9. The number of hydrogen-bond acceptors (Lipinski definition) is 5. The van der Waals surface area contributed by atoms with Gasteiger partial charge in [0.15, 0.2) is 11.4 Å². The van der Waals surface area contributed by atoms with Gasteiger partial charge in [-0.2, -0.15) is 15.3 Å². The molecule has 0 fully saturated rings. The lowest BCUT2D eigenvalue weighted by Crippen LogP contribution is -2.77. The third-order valence-corrected chi connectivity index (χ3v) is 6.10. The molecule has 0 heterocycles. The van der Waals surface area contributed by atoms with E-state index in [4.69, 9.17) is 9.25 Å². The Morgan fingerprint density at radius 3 is 1.52 bits per heavy atom. The van der Waals surface area contributed by atoms with Crippen molar-refractivity contribution in [1.29, 1.82) is 0 Å². The molecule has 2 aromatic rings. The summed E-state index contributed by atoms with van der Waals surface area (Å²) in [6.45, 7) is 3.84. The molecule has 2 aromatic carbocycles. The second kappa shape index (κ2) is 9.71. The molecule has 11 heteroatoms. The van der Waals surface area contributed by atoms with Gasteiger partial charge in [-0.25, -0.2) is 9.13 Å². The molecule has 2 unspecified atom stereocenters. The molecule has 0 aliphatic rings. The minimum atomic E-state index is -4.86. The number of aryl methyl sites for hydroxylation is 2. The van der Waals surface area contributed by atoms with Crippen LogP contribution < -0.4 is 11.0 Å². The Bertz CT molecular complexity index is 793. The van der Waals surface area contributed by atoms with Crippen LogP contribution in [0.4, 0.5) is 11.4 Å². The smallest absolute Gasteiger partial charge is 0.299 e. The number of nitrogens with two attached hydrogens (primary N) is 2. The predicted octanol–water partition coefficient (Wildman–Crippen LogP) is 1.98. The fourth-order valence-electron chi connectivity index (χ4n) is 2.36. The van der Waals surface area contributed by atoms with Crippen molar-refractivity contribution in [3.8, 4) is 0 Å². The van der Waals surface area contributed by atoms with Crippen molar-refractivity contribution in [3.63, 3.8) is 0 Å². The van der Waals surface area contributed by atoms with Crippen LogP contribution in [0.2, 0.25) is 0 Å². The zero-order valence-corrected chi connectivity index (χ0v) is 16.8. The Hall–Kier alpha value is -1.38. The van der Waals surface area contributed by atoms with Gasteiger partial charge in [-0.3, -0.25) is 9.79 Å². The topological polar surface area (TPSA) is 136 Å². The Labute approximate surface area is 157 Å². The highest BCUT2D eigenvalue weighted by Gasteiger charge is 2.40. The molecular formula is C16H24N2O7P2+2. The molecule has 27 heavy (non-hydrogen) atoms. The summed E-state index contributed by atoms with van der Waals surface area (Å²) in [5.41, 5.74) is 4.94. The zero-order chi connectivity index (χ0) is 19.9. The van der Waals surface area contributed by atoms with Gasteiger partial charge in [-0.1, -0.05) is 59.5 Å². The Morgan fingerprint density at radius 2 is 1.15 bits per heavy atom. The van der Waals surface area contributed by atoms with Crippen molar-refractivity contribution in [3.05, 3.63) is 59.7 Å². The van der Waals surface area contributed by atoms with Crippen molar-refractivity contribution >= 4 is 27.0 Å². The molecule has 148 valence electrons. The van der Waals surface area contributed by atoms with Crippen LogP contribution in [0.5, 0.6) is 0 Å². The van der Waals surface area contributed by atoms with E-state index in [-0.39, 0.29) is 0 Å². The number of hydrogen-bond donors (Lipinski definition) is 4. The minimum absolute atomic E-state index is 0.565. The van der Waals surface area contributed by atoms with E-state index in [1.807, 2.05) is 38.1 Å². The van der Waals surface area contributed by atoms with Crippen LogP contribution in [0.25, 0.3) is 0 Å². The van der Waals surface area contributed by atoms with E-state index in [2.05, 4.69) is 4.31 Å². The van der Waals surface area contributed by atoms with E-state index >= 15 is 0 Å². The van der Waals surface area contributed by atoms with Crippen LogP contribution in [0, 0.1) is 0 Å². The molecule has 0 amide bonds. The molecule has 0 aliphatic heterocycles. The molecule has 0 radical (unpaired) electrons. The molecule has 0 saturated carbocycles. The van der Waals surface area contributed by atoms with E-state index in [0.717, 1.165) is 22.1 Å². The molecule has 0 aromatic heterocycles. The van der Waals surface area contributed by atoms with Gasteiger partial charge >= 0.3 is 15.6 Å². The maximum absolute atomic E-state index is 12.0. The first-order chi connectivity index (χ1) is 12.8. The Kier molecular flexibility index (Phi) is 7.88. The summed E-state index contributed by atoms with van der Waals surface area (Å²) < 4.78 is 37.8. The predicted molar refractivity (Wildman–Crippen MR) is 97.7 cm³/mol. The second-order valence-electron chi connectivity index (χ2n) is 5.57. The van der Waals surface area contributed by atoms with Crippen LogP contribution in [-0.2, 0) is 35.5 Å². The molecule has 2 atom stereocenters. The lowest BCUT2D eigenvalue weighted by atomic mass is 10.1. The van der Waals surface area contributed by atoms with Gasteiger partial charge in [0, 0.05) is 23.3 Å². The summed E-state index contributed by atoms with van der Waals surface area (Å²) in [5.74, 6) is 0. The van der Waals surface area contributed by atoms with Crippen LogP contribution in [0.1, 0.15) is 25.0 Å². The highest BCUT2D eigenvalue weighted by Crippen LogP contribution is 2.58. The van der Waals surface area contributed by atoms with Crippen molar-refractivity contribution in [2.24, 2.45) is 0 Å². The average Bonchev–Trinajstić information content (AvgIpc) is 2.64. The molecule has 0 saturated heterocycles. The number of phosphoric acid groups is 2. The lowest BCUT2D eigenvalue weighted by molar-refractivity contribution is -0.804. The highest BCUT2D eigenvalue weighted by molar-refractivity contribution is 7.61. The first-order valence-electron chi connectivity index (χ1n) is 8.32. The van der Waals surface area contributed by atoms with Crippen LogP contribution in [0.15, 0.2) is 48.5 Å². The van der Waals surface area contributed by atoms with Gasteiger partial charge in [0.1, 0.15) is 0 Å². The van der Waals surface area contributed by atoms with Crippen LogP contribution in [-0.4, -0.2) is 9.79 Å². The third kappa shape index (κ3) is 6.93. The van der Waals surface area contributed by atoms with E-state index in [9.17, 15) is 18.9 Å². The summed E-state index contributed by atoms with van der Waals surface area (Å²) in [7, 11) is -9.73. The zero-order valence-electron chi connectivity index (χ0n) is 15.0. The number of quaternary nitrogens is 2. The molecule has 2 rings (SSSR count).